The van der Waals surface area contributed by atoms with Gasteiger partial charge in [-0.15, -0.1) is 0 Å². The summed E-state index contributed by atoms with van der Waals surface area (Å²) in [5.74, 6) is -0.247. The number of hydrogen-bond acceptors (Lipinski definition) is 6. The summed E-state index contributed by atoms with van der Waals surface area (Å²) in [5, 5.41) is 2.82. The number of carbonyl (C=O) groups is 2. The summed E-state index contributed by atoms with van der Waals surface area (Å²) in [4.78, 5) is 26.6. The molecule has 0 unspecified atom stereocenters. The van der Waals surface area contributed by atoms with Crippen molar-refractivity contribution in [3.63, 3.8) is 0 Å². The van der Waals surface area contributed by atoms with Crippen LogP contribution in [0.1, 0.15) is 26.3 Å². The number of nitrogens with zero attached hydrogens (tertiary/aromatic N) is 1. The van der Waals surface area contributed by atoms with Crippen molar-refractivity contribution in [2.24, 2.45) is 0 Å². The van der Waals surface area contributed by atoms with Gasteiger partial charge in [-0.05, 0) is 32.4 Å². The molecule has 1 fully saturated rings. The van der Waals surface area contributed by atoms with Crippen molar-refractivity contribution in [3.8, 4) is 0 Å². The molecule has 7 heteroatoms. The number of ether oxygens (including phenoxy) is 3. The highest BCUT2D eigenvalue weighted by Crippen LogP contribution is 2.33. The van der Waals surface area contributed by atoms with E-state index in [1.165, 1.54) is 17.2 Å². The number of ketones is 1. The first-order valence-corrected chi connectivity index (χ1v) is 8.47. The zero-order valence-electron chi connectivity index (χ0n) is 15.6. The Hall–Kier alpha value is -2.38. The summed E-state index contributed by atoms with van der Waals surface area (Å²) in [5.41, 5.74) is -0.0697. The van der Waals surface area contributed by atoms with Gasteiger partial charge < -0.3 is 19.5 Å². The van der Waals surface area contributed by atoms with Crippen LogP contribution in [0.5, 0.6) is 0 Å². The molecule has 26 heavy (non-hydrogen) atoms. The van der Waals surface area contributed by atoms with E-state index in [1.54, 1.807) is 27.9 Å². The van der Waals surface area contributed by atoms with E-state index in [0.717, 1.165) is 5.56 Å². The van der Waals surface area contributed by atoms with Crippen LogP contribution in [-0.4, -0.2) is 48.5 Å². The summed E-state index contributed by atoms with van der Waals surface area (Å²) in [6.07, 6.45) is 1.84. The van der Waals surface area contributed by atoms with Gasteiger partial charge in [-0.3, -0.25) is 9.69 Å². The van der Waals surface area contributed by atoms with E-state index < -0.39 is 24.0 Å². The number of rotatable bonds is 7. The fourth-order valence-electron chi connectivity index (χ4n) is 2.97. The van der Waals surface area contributed by atoms with Gasteiger partial charge in [0.2, 0.25) is 0 Å². The molecule has 1 saturated heterocycles. The van der Waals surface area contributed by atoms with E-state index in [4.69, 9.17) is 14.2 Å². The number of carbonyl (C=O) groups excluding carboxylic acids is 2. The minimum atomic E-state index is -0.943. The second kappa shape index (κ2) is 8.82. The SMILES string of the molecule is COCN/C=C/C(=O)[C@@H]1[C@@H](C)OC(C)(C)N1C(=O)OCc1ccccc1. The van der Waals surface area contributed by atoms with Crippen LogP contribution in [0.15, 0.2) is 42.6 Å². The van der Waals surface area contributed by atoms with Crippen molar-refractivity contribution in [3.05, 3.63) is 48.2 Å². The molecule has 2 rings (SSSR count). The van der Waals surface area contributed by atoms with Crippen LogP contribution < -0.4 is 5.32 Å². The molecule has 0 aliphatic carbocycles. The van der Waals surface area contributed by atoms with Gasteiger partial charge in [0.1, 0.15) is 25.1 Å². The van der Waals surface area contributed by atoms with E-state index in [0.29, 0.717) is 0 Å². The molecule has 1 aromatic rings. The molecule has 0 spiro atoms. The lowest BCUT2D eigenvalue weighted by atomic mass is 10.1. The Morgan fingerprint density at radius 3 is 2.65 bits per heavy atom. The first-order chi connectivity index (χ1) is 12.4. The largest absolute Gasteiger partial charge is 0.444 e. The first-order valence-electron chi connectivity index (χ1n) is 8.47. The number of nitrogens with one attached hydrogen (secondary N) is 1. The zero-order chi connectivity index (χ0) is 19.2. The molecule has 7 nitrogen and oxygen atoms in total. The molecule has 0 saturated carbocycles. The first kappa shape index (κ1) is 19.9. The van der Waals surface area contributed by atoms with Crippen molar-refractivity contribution in [1.29, 1.82) is 0 Å². The predicted molar refractivity (Wildman–Crippen MR) is 96.0 cm³/mol. The Morgan fingerprint density at radius 1 is 1.31 bits per heavy atom. The van der Waals surface area contributed by atoms with Crippen LogP contribution in [0.25, 0.3) is 0 Å². The van der Waals surface area contributed by atoms with Gasteiger partial charge in [-0.1, -0.05) is 30.3 Å². The molecule has 0 radical (unpaired) electrons. The lowest BCUT2D eigenvalue weighted by Gasteiger charge is -2.31. The Bertz CT molecular complexity index is 645. The molecule has 0 bridgehead atoms. The number of benzene rings is 1. The van der Waals surface area contributed by atoms with E-state index >= 15 is 0 Å². The normalized spacial score (nSPS) is 21.8. The van der Waals surface area contributed by atoms with Crippen molar-refractivity contribution in [2.45, 2.75) is 45.2 Å². The quantitative estimate of drug-likeness (QED) is 0.456. The lowest BCUT2D eigenvalue weighted by Crippen LogP contribution is -2.51. The second-order valence-corrected chi connectivity index (χ2v) is 6.50. The fraction of sp³-hybridized carbons (Fsp3) is 0.474. The Kier molecular flexibility index (Phi) is 6.76. The predicted octanol–water partition coefficient (Wildman–Crippen LogP) is 2.42. The Balaban J connectivity index is 2.09. The van der Waals surface area contributed by atoms with Gasteiger partial charge >= 0.3 is 6.09 Å². The van der Waals surface area contributed by atoms with Crippen LogP contribution in [0.4, 0.5) is 4.79 Å². The average molecular weight is 362 g/mol. The van der Waals surface area contributed by atoms with E-state index in [1.807, 2.05) is 30.3 Å². The molecular formula is C19H26N2O5. The lowest BCUT2D eigenvalue weighted by molar-refractivity contribution is -0.119. The van der Waals surface area contributed by atoms with E-state index in [9.17, 15) is 9.59 Å². The summed E-state index contributed by atoms with van der Waals surface area (Å²) < 4.78 is 16.1. The zero-order valence-corrected chi connectivity index (χ0v) is 15.6. The molecule has 0 aromatic heterocycles. The number of amides is 1. The van der Waals surface area contributed by atoms with E-state index in [2.05, 4.69) is 5.32 Å². The van der Waals surface area contributed by atoms with Crippen molar-refractivity contribution < 1.29 is 23.8 Å². The number of hydrogen-bond donors (Lipinski definition) is 1. The molecule has 1 aliphatic heterocycles. The molecule has 1 amide bonds. The molecule has 142 valence electrons. The van der Waals surface area contributed by atoms with Crippen molar-refractivity contribution in [1.82, 2.24) is 10.2 Å². The van der Waals surface area contributed by atoms with Crippen LogP contribution in [-0.2, 0) is 25.6 Å². The van der Waals surface area contributed by atoms with Gasteiger partial charge in [0.15, 0.2) is 5.78 Å². The highest BCUT2D eigenvalue weighted by atomic mass is 16.6. The van der Waals surface area contributed by atoms with Gasteiger partial charge in [-0.25, -0.2) is 4.79 Å². The smallest absolute Gasteiger partial charge is 0.413 e. The highest BCUT2D eigenvalue weighted by molar-refractivity contribution is 5.97. The molecule has 2 atom stereocenters. The summed E-state index contributed by atoms with van der Waals surface area (Å²) >= 11 is 0. The van der Waals surface area contributed by atoms with Gasteiger partial charge in [-0.2, -0.15) is 0 Å². The topological polar surface area (TPSA) is 77.1 Å². The van der Waals surface area contributed by atoms with Crippen LogP contribution in [0.2, 0.25) is 0 Å². The minimum Gasteiger partial charge on any atom is -0.444 e. The molecule has 1 heterocycles. The van der Waals surface area contributed by atoms with Crippen LogP contribution in [0, 0.1) is 0 Å². The van der Waals surface area contributed by atoms with Crippen molar-refractivity contribution in [2.75, 3.05) is 13.8 Å². The van der Waals surface area contributed by atoms with Crippen LogP contribution in [0.3, 0.4) is 0 Å². The molecular weight excluding hydrogens is 336 g/mol. The van der Waals surface area contributed by atoms with Gasteiger partial charge in [0.05, 0.1) is 6.10 Å². The standard InChI is InChI=1S/C19H26N2O5/c1-14-17(16(22)10-11-20-13-24-4)21(19(2,3)26-14)18(23)25-12-15-8-6-5-7-9-15/h5-11,14,17,20H,12-13H2,1-4H3/b11-10+/t14-,17+/m1/s1. The fourth-order valence-corrected chi connectivity index (χ4v) is 2.97. The maximum Gasteiger partial charge on any atom is 0.413 e. The Labute approximate surface area is 153 Å². The average Bonchev–Trinajstić information content (AvgIpc) is 2.86. The van der Waals surface area contributed by atoms with E-state index in [-0.39, 0.29) is 19.1 Å². The third kappa shape index (κ3) is 4.83. The molecule has 1 aromatic carbocycles. The second-order valence-electron chi connectivity index (χ2n) is 6.50. The number of methoxy groups -OCH3 is 1. The molecule has 1 N–H and O–H groups in total. The van der Waals surface area contributed by atoms with Crippen LogP contribution >= 0.6 is 0 Å². The maximum atomic E-state index is 12.7. The maximum absolute atomic E-state index is 12.7. The van der Waals surface area contributed by atoms with Crippen molar-refractivity contribution >= 4 is 11.9 Å². The molecule has 1 aliphatic rings. The summed E-state index contributed by atoms with van der Waals surface area (Å²) in [6, 6.07) is 8.62. The highest BCUT2D eigenvalue weighted by Gasteiger charge is 2.51. The third-order valence-electron chi connectivity index (χ3n) is 4.06. The summed E-state index contributed by atoms with van der Waals surface area (Å²) in [6.45, 7) is 5.67. The third-order valence-corrected chi connectivity index (χ3v) is 4.06. The minimum absolute atomic E-state index is 0.132. The Morgan fingerprint density at radius 2 is 2.00 bits per heavy atom. The monoisotopic (exact) mass is 362 g/mol. The van der Waals surface area contributed by atoms with Gasteiger partial charge in [0, 0.05) is 13.3 Å². The summed E-state index contributed by atoms with van der Waals surface area (Å²) in [7, 11) is 1.54. The van der Waals surface area contributed by atoms with Gasteiger partial charge in [0.25, 0.3) is 0 Å².